The Balaban J connectivity index is 2.39. The van der Waals surface area contributed by atoms with Crippen molar-refractivity contribution in [3.8, 4) is 10.4 Å². The first-order valence-corrected chi connectivity index (χ1v) is 6.01. The number of hydrogen-bond donors (Lipinski definition) is 0. The van der Waals surface area contributed by atoms with Crippen molar-refractivity contribution in [1.29, 1.82) is 0 Å². The highest BCUT2D eigenvalue weighted by Crippen LogP contribution is 2.34. The first kappa shape index (κ1) is 11.3. The number of rotatable bonds is 1. The Morgan fingerprint density at radius 2 is 1.94 bits per heavy atom. The van der Waals surface area contributed by atoms with E-state index in [0.717, 1.165) is 10.4 Å². The highest BCUT2D eigenvalue weighted by atomic mass is 32.1. The summed E-state index contributed by atoms with van der Waals surface area (Å²) in [4.78, 5) is 5.95. The van der Waals surface area contributed by atoms with E-state index < -0.39 is 5.95 Å². The van der Waals surface area contributed by atoms with Gasteiger partial charge in [0.2, 0.25) is 5.95 Å². The van der Waals surface area contributed by atoms with Crippen molar-refractivity contribution in [3.63, 3.8) is 0 Å². The summed E-state index contributed by atoms with van der Waals surface area (Å²) in [5.41, 5.74) is 1.04. The summed E-state index contributed by atoms with van der Waals surface area (Å²) < 4.78 is 13.0. The van der Waals surface area contributed by atoms with Crippen LogP contribution >= 0.6 is 11.3 Å². The average Bonchev–Trinajstić information content (AvgIpc) is 2.65. The Morgan fingerprint density at radius 3 is 2.50 bits per heavy atom. The molecule has 3 heteroatoms. The monoisotopic (exact) mass is 235 g/mol. The Labute approximate surface area is 99.0 Å². The van der Waals surface area contributed by atoms with Crippen LogP contribution in [-0.4, -0.2) is 4.98 Å². The number of aromatic nitrogens is 1. The Bertz CT molecular complexity index is 497. The number of nitrogens with zero attached hydrogens (tertiary/aromatic N) is 1. The molecule has 2 aromatic heterocycles. The van der Waals surface area contributed by atoms with E-state index in [1.54, 1.807) is 11.3 Å². The maximum Gasteiger partial charge on any atom is 0.213 e. The van der Waals surface area contributed by atoms with Gasteiger partial charge in [-0.05, 0) is 29.2 Å². The van der Waals surface area contributed by atoms with Gasteiger partial charge in [-0.15, -0.1) is 11.3 Å². The minimum Gasteiger partial charge on any atom is -0.228 e. The van der Waals surface area contributed by atoms with Gasteiger partial charge in [-0.3, -0.25) is 0 Å². The van der Waals surface area contributed by atoms with Crippen LogP contribution < -0.4 is 0 Å². The molecule has 0 atom stereocenters. The topological polar surface area (TPSA) is 12.9 Å². The van der Waals surface area contributed by atoms with Crippen LogP contribution in [0.3, 0.4) is 0 Å². The lowest BCUT2D eigenvalue weighted by molar-refractivity contribution is 0.584. The molecule has 0 amide bonds. The van der Waals surface area contributed by atoms with Gasteiger partial charge in [0.25, 0.3) is 0 Å². The zero-order valence-electron chi connectivity index (χ0n) is 9.62. The summed E-state index contributed by atoms with van der Waals surface area (Å²) in [5.74, 6) is -0.428. The molecule has 0 saturated carbocycles. The van der Waals surface area contributed by atoms with E-state index in [1.165, 1.54) is 17.1 Å². The summed E-state index contributed by atoms with van der Waals surface area (Å²) in [6, 6.07) is 7.46. The number of hydrogen-bond acceptors (Lipinski definition) is 2. The molecule has 84 valence electrons. The van der Waals surface area contributed by atoms with Crippen LogP contribution in [0.1, 0.15) is 25.6 Å². The van der Waals surface area contributed by atoms with E-state index in [1.807, 2.05) is 12.1 Å². The van der Waals surface area contributed by atoms with Gasteiger partial charge in [0.15, 0.2) is 0 Å². The third-order valence-corrected chi connectivity index (χ3v) is 3.92. The van der Waals surface area contributed by atoms with E-state index in [4.69, 9.17) is 0 Å². The molecule has 0 N–H and O–H groups in total. The van der Waals surface area contributed by atoms with Gasteiger partial charge in [-0.2, -0.15) is 4.39 Å². The second kappa shape index (κ2) is 3.98. The third kappa shape index (κ3) is 2.30. The average molecular weight is 235 g/mol. The fourth-order valence-electron chi connectivity index (χ4n) is 1.45. The fraction of sp³-hybridized carbons (Fsp3) is 0.308. The highest BCUT2D eigenvalue weighted by molar-refractivity contribution is 7.15. The summed E-state index contributed by atoms with van der Waals surface area (Å²) in [6.45, 7) is 6.53. The minimum absolute atomic E-state index is 0.147. The molecule has 16 heavy (non-hydrogen) atoms. The molecule has 0 aromatic carbocycles. The predicted molar refractivity (Wildman–Crippen MR) is 66.2 cm³/mol. The fourth-order valence-corrected chi connectivity index (χ4v) is 2.51. The highest BCUT2D eigenvalue weighted by Gasteiger charge is 2.16. The lowest BCUT2D eigenvalue weighted by Crippen LogP contribution is -2.07. The van der Waals surface area contributed by atoms with E-state index in [-0.39, 0.29) is 5.41 Å². The van der Waals surface area contributed by atoms with Crippen LogP contribution in [0.25, 0.3) is 10.4 Å². The van der Waals surface area contributed by atoms with Gasteiger partial charge in [-0.25, -0.2) is 4.98 Å². The van der Waals surface area contributed by atoms with Crippen molar-refractivity contribution < 1.29 is 4.39 Å². The minimum atomic E-state index is -0.428. The zero-order valence-corrected chi connectivity index (χ0v) is 10.4. The van der Waals surface area contributed by atoms with Crippen molar-refractivity contribution in [2.45, 2.75) is 26.2 Å². The van der Waals surface area contributed by atoms with Crippen LogP contribution in [0.2, 0.25) is 0 Å². The van der Waals surface area contributed by atoms with Crippen molar-refractivity contribution in [3.05, 3.63) is 41.3 Å². The lowest BCUT2D eigenvalue weighted by Gasteiger charge is -2.15. The summed E-state index contributed by atoms with van der Waals surface area (Å²) >= 11 is 1.71. The molecule has 0 aliphatic rings. The van der Waals surface area contributed by atoms with E-state index in [2.05, 4.69) is 31.8 Å². The molecule has 0 saturated heterocycles. The molecule has 1 nitrogen and oxygen atoms in total. The van der Waals surface area contributed by atoms with Gasteiger partial charge in [-0.1, -0.05) is 20.8 Å². The second-order valence-electron chi connectivity index (χ2n) is 4.78. The molecular weight excluding hydrogens is 221 g/mol. The molecule has 0 aliphatic carbocycles. The predicted octanol–water partition coefficient (Wildman–Crippen LogP) is 4.25. The molecule has 2 heterocycles. The molecule has 0 bridgehead atoms. The van der Waals surface area contributed by atoms with Crippen LogP contribution in [0.15, 0.2) is 30.5 Å². The Morgan fingerprint density at radius 1 is 1.19 bits per heavy atom. The molecular formula is C13H14FNS. The molecule has 0 aliphatic heterocycles. The standard InChI is InChI=1S/C13H14FNS/c1-13(2,3)11-5-4-10(16-11)9-6-7-15-12(14)8-9/h4-8H,1-3H3. The van der Waals surface area contributed by atoms with Gasteiger partial charge in [0, 0.05) is 22.0 Å². The molecule has 0 radical (unpaired) electrons. The summed E-state index contributed by atoms with van der Waals surface area (Å²) in [6.07, 6.45) is 1.50. The smallest absolute Gasteiger partial charge is 0.213 e. The van der Waals surface area contributed by atoms with Gasteiger partial charge in [0.05, 0.1) is 0 Å². The van der Waals surface area contributed by atoms with Crippen molar-refractivity contribution in [2.24, 2.45) is 0 Å². The van der Waals surface area contributed by atoms with Gasteiger partial charge >= 0.3 is 0 Å². The van der Waals surface area contributed by atoms with Crippen molar-refractivity contribution in [2.75, 3.05) is 0 Å². The number of thiophene rings is 1. The Hall–Kier alpha value is -1.22. The Kier molecular flexibility index (Phi) is 2.80. The molecule has 0 spiro atoms. The molecule has 2 rings (SSSR count). The normalized spacial score (nSPS) is 11.8. The van der Waals surface area contributed by atoms with E-state index in [9.17, 15) is 4.39 Å². The summed E-state index contributed by atoms with van der Waals surface area (Å²) in [7, 11) is 0. The van der Waals surface area contributed by atoms with Crippen LogP contribution in [0, 0.1) is 5.95 Å². The second-order valence-corrected chi connectivity index (χ2v) is 5.86. The maximum atomic E-state index is 13.0. The molecule has 0 unspecified atom stereocenters. The quantitative estimate of drug-likeness (QED) is 0.673. The first-order valence-electron chi connectivity index (χ1n) is 5.19. The molecule has 2 aromatic rings. The first-order chi connectivity index (χ1) is 7.47. The van der Waals surface area contributed by atoms with Gasteiger partial charge < -0.3 is 0 Å². The largest absolute Gasteiger partial charge is 0.228 e. The summed E-state index contributed by atoms with van der Waals surface area (Å²) in [5, 5.41) is 0. The van der Waals surface area contributed by atoms with Crippen LogP contribution in [-0.2, 0) is 5.41 Å². The van der Waals surface area contributed by atoms with Crippen LogP contribution in [0.5, 0.6) is 0 Å². The molecule has 0 fully saturated rings. The van der Waals surface area contributed by atoms with Crippen molar-refractivity contribution in [1.82, 2.24) is 4.98 Å². The lowest BCUT2D eigenvalue weighted by atomic mass is 9.95. The van der Waals surface area contributed by atoms with E-state index in [0.29, 0.717) is 0 Å². The number of halogens is 1. The third-order valence-electron chi connectivity index (χ3n) is 2.36. The van der Waals surface area contributed by atoms with Crippen LogP contribution in [0.4, 0.5) is 4.39 Å². The van der Waals surface area contributed by atoms with Crippen molar-refractivity contribution >= 4 is 11.3 Å². The van der Waals surface area contributed by atoms with Gasteiger partial charge in [0.1, 0.15) is 0 Å². The number of pyridine rings is 1. The maximum absolute atomic E-state index is 13.0. The SMILES string of the molecule is CC(C)(C)c1ccc(-c2ccnc(F)c2)s1. The van der Waals surface area contributed by atoms with E-state index >= 15 is 0 Å². The zero-order chi connectivity index (χ0) is 11.8.